The summed E-state index contributed by atoms with van der Waals surface area (Å²) in [7, 11) is 0. The fraction of sp³-hybridized carbons (Fsp3) is 0.625. The molecular weight excluding hydrogens is 220 g/mol. The SMILES string of the molecule is Cc1ccc(CC(NN)C2C3CCCCC32)cc1. The number of fused-ring (bicyclic) bond motifs is 1. The molecule has 0 spiro atoms. The lowest BCUT2D eigenvalue weighted by Crippen LogP contribution is -2.39. The van der Waals surface area contributed by atoms with E-state index >= 15 is 0 Å². The second-order valence-corrected chi connectivity index (χ2v) is 6.15. The Morgan fingerprint density at radius 2 is 1.78 bits per heavy atom. The van der Waals surface area contributed by atoms with E-state index in [0.29, 0.717) is 6.04 Å². The van der Waals surface area contributed by atoms with Gasteiger partial charge in [0.1, 0.15) is 0 Å². The van der Waals surface area contributed by atoms with Crippen molar-refractivity contribution < 1.29 is 0 Å². The fourth-order valence-electron chi connectivity index (χ4n) is 3.93. The predicted octanol–water partition coefficient (Wildman–Crippen LogP) is 2.81. The molecule has 0 aliphatic heterocycles. The van der Waals surface area contributed by atoms with E-state index in [0.717, 1.165) is 24.2 Å². The highest BCUT2D eigenvalue weighted by Crippen LogP contribution is 2.57. The van der Waals surface area contributed by atoms with Gasteiger partial charge in [0.25, 0.3) is 0 Å². The molecule has 2 heteroatoms. The monoisotopic (exact) mass is 244 g/mol. The minimum atomic E-state index is 0.473. The van der Waals surface area contributed by atoms with E-state index in [1.165, 1.54) is 36.8 Å². The molecule has 0 aromatic heterocycles. The summed E-state index contributed by atoms with van der Waals surface area (Å²) in [6, 6.07) is 9.35. The lowest BCUT2D eigenvalue weighted by Gasteiger charge is -2.16. The van der Waals surface area contributed by atoms with Crippen molar-refractivity contribution in [2.24, 2.45) is 23.6 Å². The highest BCUT2D eigenvalue weighted by atomic mass is 15.2. The zero-order valence-electron chi connectivity index (χ0n) is 11.2. The summed E-state index contributed by atoms with van der Waals surface area (Å²) in [4.78, 5) is 0. The van der Waals surface area contributed by atoms with Gasteiger partial charge in [-0.2, -0.15) is 0 Å². The number of nitrogens with one attached hydrogen (secondary N) is 1. The Morgan fingerprint density at radius 1 is 1.17 bits per heavy atom. The van der Waals surface area contributed by atoms with Gasteiger partial charge in [-0.3, -0.25) is 11.3 Å². The van der Waals surface area contributed by atoms with Crippen LogP contribution in [0, 0.1) is 24.7 Å². The lowest BCUT2D eigenvalue weighted by molar-refractivity contribution is 0.437. The second-order valence-electron chi connectivity index (χ2n) is 6.15. The molecule has 0 saturated heterocycles. The number of hydrazine groups is 1. The van der Waals surface area contributed by atoms with E-state index in [1.807, 2.05) is 0 Å². The third kappa shape index (κ3) is 2.32. The number of benzene rings is 1. The van der Waals surface area contributed by atoms with Crippen molar-refractivity contribution in [1.29, 1.82) is 0 Å². The van der Waals surface area contributed by atoms with E-state index in [-0.39, 0.29) is 0 Å². The first-order valence-corrected chi connectivity index (χ1v) is 7.31. The third-order valence-corrected chi connectivity index (χ3v) is 4.98. The number of rotatable bonds is 4. The smallest absolute Gasteiger partial charge is 0.0284 e. The molecule has 3 unspecified atom stereocenters. The maximum absolute atomic E-state index is 5.80. The van der Waals surface area contributed by atoms with Crippen molar-refractivity contribution in [2.75, 3.05) is 0 Å². The average molecular weight is 244 g/mol. The minimum absolute atomic E-state index is 0.473. The van der Waals surface area contributed by atoms with Gasteiger partial charge in [0.15, 0.2) is 0 Å². The van der Waals surface area contributed by atoms with Crippen LogP contribution in [0.15, 0.2) is 24.3 Å². The third-order valence-electron chi connectivity index (χ3n) is 4.98. The quantitative estimate of drug-likeness (QED) is 0.631. The van der Waals surface area contributed by atoms with Gasteiger partial charge < -0.3 is 0 Å². The van der Waals surface area contributed by atoms with Gasteiger partial charge >= 0.3 is 0 Å². The molecule has 2 fully saturated rings. The Balaban J connectivity index is 1.65. The lowest BCUT2D eigenvalue weighted by atomic mass is 10.00. The summed E-state index contributed by atoms with van der Waals surface area (Å²) in [5, 5.41) is 0. The van der Waals surface area contributed by atoms with Gasteiger partial charge in [0.05, 0.1) is 0 Å². The summed E-state index contributed by atoms with van der Waals surface area (Å²) >= 11 is 0. The molecule has 0 heterocycles. The Hall–Kier alpha value is -0.860. The second kappa shape index (κ2) is 5.02. The van der Waals surface area contributed by atoms with Crippen LogP contribution >= 0.6 is 0 Å². The number of hydrogen-bond donors (Lipinski definition) is 2. The van der Waals surface area contributed by atoms with Crippen LogP contribution < -0.4 is 11.3 Å². The van der Waals surface area contributed by atoms with Gasteiger partial charge in [-0.15, -0.1) is 0 Å². The van der Waals surface area contributed by atoms with Gasteiger partial charge in [0, 0.05) is 6.04 Å². The van der Waals surface area contributed by atoms with Crippen molar-refractivity contribution in [1.82, 2.24) is 5.43 Å². The molecule has 0 radical (unpaired) electrons. The summed E-state index contributed by atoms with van der Waals surface area (Å²) in [5.41, 5.74) is 5.82. The first-order valence-electron chi connectivity index (χ1n) is 7.31. The zero-order chi connectivity index (χ0) is 12.5. The number of hydrogen-bond acceptors (Lipinski definition) is 2. The van der Waals surface area contributed by atoms with Gasteiger partial charge in [0.2, 0.25) is 0 Å². The molecule has 2 saturated carbocycles. The summed E-state index contributed by atoms with van der Waals surface area (Å²) in [5.74, 6) is 8.55. The van der Waals surface area contributed by atoms with Gasteiger partial charge in [-0.05, 0) is 49.5 Å². The number of nitrogens with two attached hydrogens (primary N) is 1. The molecule has 3 N–H and O–H groups in total. The van der Waals surface area contributed by atoms with Crippen molar-refractivity contribution in [3.05, 3.63) is 35.4 Å². The summed E-state index contributed by atoms with van der Waals surface area (Å²) in [6.07, 6.45) is 6.80. The van der Waals surface area contributed by atoms with E-state index in [4.69, 9.17) is 5.84 Å². The fourth-order valence-corrected chi connectivity index (χ4v) is 3.93. The van der Waals surface area contributed by atoms with E-state index in [9.17, 15) is 0 Å². The highest BCUT2D eigenvalue weighted by Gasteiger charge is 2.53. The van der Waals surface area contributed by atoms with Crippen LogP contribution in [0.25, 0.3) is 0 Å². The molecule has 18 heavy (non-hydrogen) atoms. The average Bonchev–Trinajstić information content (AvgIpc) is 3.12. The van der Waals surface area contributed by atoms with Gasteiger partial charge in [-0.1, -0.05) is 42.7 Å². The molecule has 3 rings (SSSR count). The largest absolute Gasteiger partial charge is 0.271 e. The minimum Gasteiger partial charge on any atom is -0.271 e. The first kappa shape index (κ1) is 12.2. The number of aryl methyl sites for hydroxylation is 1. The van der Waals surface area contributed by atoms with Crippen LogP contribution in [0.5, 0.6) is 0 Å². The first-order chi connectivity index (χ1) is 8.79. The summed E-state index contributed by atoms with van der Waals surface area (Å²) < 4.78 is 0. The van der Waals surface area contributed by atoms with Crippen molar-refractivity contribution >= 4 is 0 Å². The molecule has 1 aromatic carbocycles. The summed E-state index contributed by atoms with van der Waals surface area (Å²) in [6.45, 7) is 2.14. The van der Waals surface area contributed by atoms with Crippen LogP contribution in [-0.4, -0.2) is 6.04 Å². The molecular formula is C16H24N2. The normalized spacial score (nSPS) is 31.8. The molecule has 1 aromatic rings. The van der Waals surface area contributed by atoms with Crippen molar-refractivity contribution in [2.45, 2.75) is 45.1 Å². The van der Waals surface area contributed by atoms with Gasteiger partial charge in [-0.25, -0.2) is 0 Å². The molecule has 0 amide bonds. The Morgan fingerprint density at radius 3 is 2.33 bits per heavy atom. The Bertz CT molecular complexity index is 386. The Kier molecular flexibility index (Phi) is 3.40. The highest BCUT2D eigenvalue weighted by molar-refractivity contribution is 5.23. The predicted molar refractivity (Wildman–Crippen MR) is 74.9 cm³/mol. The maximum Gasteiger partial charge on any atom is 0.0284 e. The van der Waals surface area contributed by atoms with Crippen LogP contribution in [-0.2, 0) is 6.42 Å². The van der Waals surface area contributed by atoms with Crippen molar-refractivity contribution in [3.8, 4) is 0 Å². The molecule has 0 bridgehead atoms. The van der Waals surface area contributed by atoms with Crippen LogP contribution in [0.2, 0.25) is 0 Å². The van der Waals surface area contributed by atoms with E-state index < -0.39 is 0 Å². The van der Waals surface area contributed by atoms with E-state index in [1.54, 1.807) is 0 Å². The zero-order valence-corrected chi connectivity index (χ0v) is 11.2. The molecule has 2 aliphatic carbocycles. The standard InChI is InChI=1S/C16H24N2/c1-11-6-8-12(9-7-11)10-15(18-17)16-13-4-2-3-5-14(13)16/h6-9,13-16,18H,2-5,10,17H2,1H3. The Labute approximate surface area is 110 Å². The van der Waals surface area contributed by atoms with Crippen LogP contribution in [0.4, 0.5) is 0 Å². The molecule has 3 atom stereocenters. The van der Waals surface area contributed by atoms with Crippen LogP contribution in [0.1, 0.15) is 36.8 Å². The van der Waals surface area contributed by atoms with E-state index in [2.05, 4.69) is 36.6 Å². The van der Waals surface area contributed by atoms with Crippen LogP contribution in [0.3, 0.4) is 0 Å². The molecule has 2 nitrogen and oxygen atoms in total. The van der Waals surface area contributed by atoms with Crippen molar-refractivity contribution in [3.63, 3.8) is 0 Å². The molecule has 98 valence electrons. The maximum atomic E-state index is 5.80. The topological polar surface area (TPSA) is 38.0 Å². The molecule has 2 aliphatic rings.